The summed E-state index contributed by atoms with van der Waals surface area (Å²) in [6.45, 7) is 2.92. The summed E-state index contributed by atoms with van der Waals surface area (Å²) in [5, 5.41) is 2.80. The zero-order valence-corrected chi connectivity index (χ0v) is 11.8. The number of fused-ring (bicyclic) bond motifs is 1. The first-order valence-electron chi connectivity index (χ1n) is 6.85. The van der Waals surface area contributed by atoms with Crippen molar-refractivity contribution in [3.8, 4) is 0 Å². The molecule has 0 fully saturated rings. The molecule has 2 aromatic rings. The van der Waals surface area contributed by atoms with Crippen molar-refractivity contribution in [2.75, 3.05) is 11.9 Å². The summed E-state index contributed by atoms with van der Waals surface area (Å²) in [4.78, 5) is 25.2. The predicted molar refractivity (Wildman–Crippen MR) is 77.9 cm³/mol. The summed E-state index contributed by atoms with van der Waals surface area (Å²) in [7, 11) is 0. The molecule has 5 heteroatoms. The minimum absolute atomic E-state index is 0.0747. The Kier molecular flexibility index (Phi) is 3.48. The van der Waals surface area contributed by atoms with E-state index in [0.717, 1.165) is 18.5 Å². The molecule has 0 saturated heterocycles. The number of hydrogen-bond acceptors (Lipinski definition) is 3. The summed E-state index contributed by atoms with van der Waals surface area (Å²) in [5.74, 6) is 0.0722. The maximum atomic E-state index is 11.9. The zero-order valence-electron chi connectivity index (χ0n) is 11.8. The average Bonchev–Trinajstić information content (AvgIpc) is 3.00. The molecule has 1 aliphatic heterocycles. The van der Waals surface area contributed by atoms with Crippen LogP contribution in [-0.4, -0.2) is 23.3 Å². The van der Waals surface area contributed by atoms with E-state index in [0.29, 0.717) is 12.2 Å². The van der Waals surface area contributed by atoms with Gasteiger partial charge in [0.15, 0.2) is 5.76 Å². The van der Waals surface area contributed by atoms with Crippen LogP contribution in [0.1, 0.15) is 28.6 Å². The maximum absolute atomic E-state index is 11.9. The Labute approximate surface area is 122 Å². The van der Waals surface area contributed by atoms with E-state index in [1.165, 1.54) is 11.8 Å². The predicted octanol–water partition coefficient (Wildman–Crippen LogP) is 2.44. The van der Waals surface area contributed by atoms with E-state index in [2.05, 4.69) is 5.32 Å². The Morgan fingerprint density at radius 2 is 2.10 bits per heavy atom. The summed E-state index contributed by atoms with van der Waals surface area (Å²) in [6, 6.07) is 9.09. The highest BCUT2D eigenvalue weighted by Crippen LogP contribution is 2.23. The van der Waals surface area contributed by atoms with Gasteiger partial charge >= 0.3 is 0 Å². The Hall–Kier alpha value is -2.56. The van der Waals surface area contributed by atoms with Crippen molar-refractivity contribution in [3.05, 3.63) is 53.5 Å². The Bertz CT molecular complexity index is 677. The molecule has 1 aromatic carbocycles. The van der Waals surface area contributed by atoms with E-state index < -0.39 is 0 Å². The topological polar surface area (TPSA) is 62.6 Å². The second kappa shape index (κ2) is 5.44. The van der Waals surface area contributed by atoms with Crippen LogP contribution in [0.4, 0.5) is 5.69 Å². The highest BCUT2D eigenvalue weighted by Gasteiger charge is 2.18. The molecule has 1 aliphatic rings. The van der Waals surface area contributed by atoms with Crippen molar-refractivity contribution in [1.29, 1.82) is 0 Å². The fourth-order valence-electron chi connectivity index (χ4n) is 2.50. The van der Waals surface area contributed by atoms with E-state index >= 15 is 0 Å². The number of hydrogen-bond donors (Lipinski definition) is 1. The SMILES string of the molecule is CC(=O)N1CCc2ccc(NC(=O)c3ccco3)cc2C1. The Balaban J connectivity index is 1.78. The number of rotatable bonds is 2. The molecule has 2 amide bonds. The number of carbonyl (C=O) groups excluding carboxylic acids is 2. The van der Waals surface area contributed by atoms with Gasteiger partial charge in [0.05, 0.1) is 6.26 Å². The van der Waals surface area contributed by atoms with Gasteiger partial charge in [-0.1, -0.05) is 6.07 Å². The van der Waals surface area contributed by atoms with Crippen molar-refractivity contribution < 1.29 is 14.0 Å². The molecule has 108 valence electrons. The average molecular weight is 284 g/mol. The first-order chi connectivity index (χ1) is 10.1. The van der Waals surface area contributed by atoms with Crippen LogP contribution in [0.3, 0.4) is 0 Å². The number of nitrogens with one attached hydrogen (secondary N) is 1. The lowest BCUT2D eigenvalue weighted by Crippen LogP contribution is -2.34. The van der Waals surface area contributed by atoms with Gasteiger partial charge in [-0.15, -0.1) is 0 Å². The molecule has 0 atom stereocenters. The molecule has 21 heavy (non-hydrogen) atoms. The lowest BCUT2D eigenvalue weighted by atomic mass is 9.99. The lowest BCUT2D eigenvalue weighted by Gasteiger charge is -2.28. The van der Waals surface area contributed by atoms with E-state index in [-0.39, 0.29) is 17.6 Å². The molecule has 0 spiro atoms. The quantitative estimate of drug-likeness (QED) is 0.921. The van der Waals surface area contributed by atoms with Crippen molar-refractivity contribution in [3.63, 3.8) is 0 Å². The third kappa shape index (κ3) is 2.81. The van der Waals surface area contributed by atoms with E-state index in [1.807, 2.05) is 18.2 Å². The van der Waals surface area contributed by atoms with Crippen LogP contribution in [0, 0.1) is 0 Å². The first-order valence-corrected chi connectivity index (χ1v) is 6.85. The van der Waals surface area contributed by atoms with Crippen LogP contribution < -0.4 is 5.32 Å². The van der Waals surface area contributed by atoms with Gasteiger partial charge in [-0.3, -0.25) is 9.59 Å². The summed E-state index contributed by atoms with van der Waals surface area (Å²) in [6.07, 6.45) is 2.31. The van der Waals surface area contributed by atoms with Crippen molar-refractivity contribution in [2.45, 2.75) is 19.9 Å². The third-order valence-electron chi connectivity index (χ3n) is 3.67. The van der Waals surface area contributed by atoms with Gasteiger partial charge in [-0.2, -0.15) is 0 Å². The van der Waals surface area contributed by atoms with Gasteiger partial charge in [0.2, 0.25) is 5.91 Å². The fourth-order valence-corrected chi connectivity index (χ4v) is 2.50. The molecule has 1 N–H and O–H groups in total. The molecule has 2 heterocycles. The molecule has 0 radical (unpaired) electrons. The van der Waals surface area contributed by atoms with Gasteiger partial charge in [-0.25, -0.2) is 0 Å². The number of nitrogens with zero attached hydrogens (tertiary/aromatic N) is 1. The van der Waals surface area contributed by atoms with Gasteiger partial charge in [-0.05, 0) is 41.8 Å². The van der Waals surface area contributed by atoms with Crippen LogP contribution in [0.5, 0.6) is 0 Å². The number of furan rings is 1. The zero-order chi connectivity index (χ0) is 14.8. The van der Waals surface area contributed by atoms with E-state index in [4.69, 9.17) is 4.42 Å². The number of carbonyl (C=O) groups is 2. The molecule has 0 bridgehead atoms. The van der Waals surface area contributed by atoms with Crippen molar-refractivity contribution in [1.82, 2.24) is 4.90 Å². The third-order valence-corrected chi connectivity index (χ3v) is 3.67. The minimum atomic E-state index is -0.279. The van der Waals surface area contributed by atoms with Gasteiger partial charge < -0.3 is 14.6 Å². The molecule has 3 rings (SSSR count). The fraction of sp³-hybridized carbons (Fsp3) is 0.250. The lowest BCUT2D eigenvalue weighted by molar-refractivity contribution is -0.129. The summed E-state index contributed by atoms with van der Waals surface area (Å²) < 4.78 is 5.06. The largest absolute Gasteiger partial charge is 0.459 e. The van der Waals surface area contributed by atoms with Gasteiger partial charge in [0.1, 0.15) is 0 Å². The number of amides is 2. The second-order valence-electron chi connectivity index (χ2n) is 5.11. The van der Waals surface area contributed by atoms with Crippen molar-refractivity contribution >= 4 is 17.5 Å². The number of benzene rings is 1. The van der Waals surface area contributed by atoms with Crippen LogP contribution in [0.25, 0.3) is 0 Å². The monoisotopic (exact) mass is 284 g/mol. The standard InChI is InChI=1S/C16H16N2O3/c1-11(19)18-7-6-12-4-5-14(9-13(12)10-18)17-16(20)15-3-2-8-21-15/h2-5,8-9H,6-7,10H2,1H3,(H,17,20). The molecule has 1 aromatic heterocycles. The number of anilines is 1. The normalized spacial score (nSPS) is 13.7. The Morgan fingerprint density at radius 1 is 1.24 bits per heavy atom. The summed E-state index contributed by atoms with van der Waals surface area (Å²) >= 11 is 0. The highest BCUT2D eigenvalue weighted by molar-refractivity contribution is 6.02. The first kappa shape index (κ1) is 13.4. The van der Waals surface area contributed by atoms with Crippen LogP contribution >= 0.6 is 0 Å². The van der Waals surface area contributed by atoms with E-state index in [1.54, 1.807) is 24.0 Å². The van der Waals surface area contributed by atoms with E-state index in [9.17, 15) is 9.59 Å². The van der Waals surface area contributed by atoms with Gasteiger partial charge in [0, 0.05) is 25.7 Å². The van der Waals surface area contributed by atoms with Gasteiger partial charge in [0.25, 0.3) is 5.91 Å². The molecule has 5 nitrogen and oxygen atoms in total. The Morgan fingerprint density at radius 3 is 2.81 bits per heavy atom. The molecule has 0 aliphatic carbocycles. The van der Waals surface area contributed by atoms with Crippen molar-refractivity contribution in [2.24, 2.45) is 0 Å². The molecular formula is C16H16N2O3. The molecule has 0 unspecified atom stereocenters. The highest BCUT2D eigenvalue weighted by atomic mass is 16.3. The minimum Gasteiger partial charge on any atom is -0.459 e. The molecule has 0 saturated carbocycles. The molecular weight excluding hydrogens is 268 g/mol. The van der Waals surface area contributed by atoms with Crippen LogP contribution in [-0.2, 0) is 17.8 Å². The smallest absolute Gasteiger partial charge is 0.291 e. The maximum Gasteiger partial charge on any atom is 0.291 e. The van der Waals surface area contributed by atoms with Crippen LogP contribution in [0.15, 0.2) is 41.0 Å². The van der Waals surface area contributed by atoms with Crippen LogP contribution in [0.2, 0.25) is 0 Å². The summed E-state index contributed by atoms with van der Waals surface area (Å²) in [5.41, 5.74) is 3.01. The second-order valence-corrected chi connectivity index (χ2v) is 5.11.